The molecule has 196 valence electrons. The van der Waals surface area contributed by atoms with Gasteiger partial charge in [0.15, 0.2) is 0 Å². The van der Waals surface area contributed by atoms with Gasteiger partial charge < -0.3 is 8.97 Å². The van der Waals surface area contributed by atoms with E-state index in [0.717, 1.165) is 21.6 Å². The first-order valence-electron chi connectivity index (χ1n) is 13.8. The summed E-state index contributed by atoms with van der Waals surface area (Å²) in [5.41, 5.74) is 7.49. The van der Waals surface area contributed by atoms with Crippen LogP contribution in [0.15, 0.2) is 137 Å². The fourth-order valence-corrected chi connectivity index (χ4v) is 7.79. The number of nitriles is 1. The lowest BCUT2D eigenvalue weighted by molar-refractivity contribution is 0.683. The molecule has 0 radical (unpaired) electrons. The van der Waals surface area contributed by atoms with Crippen LogP contribution in [0.2, 0.25) is 0 Å². The van der Waals surface area contributed by atoms with Crippen LogP contribution in [0.1, 0.15) is 5.56 Å². The number of rotatable bonds is 3. The van der Waals surface area contributed by atoms with Crippen molar-refractivity contribution in [3.05, 3.63) is 133 Å². The molecule has 3 heterocycles. The van der Waals surface area contributed by atoms with Crippen molar-refractivity contribution in [3.8, 4) is 11.8 Å². The van der Waals surface area contributed by atoms with E-state index in [0.29, 0.717) is 10.5 Å². The molecule has 0 saturated carbocycles. The van der Waals surface area contributed by atoms with E-state index in [1.807, 2.05) is 12.1 Å². The van der Waals surface area contributed by atoms with Crippen LogP contribution >= 0.6 is 0 Å². The molecule has 0 bridgehead atoms. The van der Waals surface area contributed by atoms with Gasteiger partial charge in [0.2, 0.25) is 0 Å². The van der Waals surface area contributed by atoms with Gasteiger partial charge in [0.05, 0.1) is 50.0 Å². The lowest BCUT2D eigenvalue weighted by atomic mass is 10.0. The van der Waals surface area contributed by atoms with E-state index in [-0.39, 0.29) is 0 Å². The summed E-state index contributed by atoms with van der Waals surface area (Å²) in [6, 6.07) is 45.5. The van der Waals surface area contributed by atoms with Gasteiger partial charge in [0.25, 0.3) is 0 Å². The van der Waals surface area contributed by atoms with Crippen LogP contribution < -0.4 is 0 Å². The molecular weight excluding hydrogens is 534 g/mol. The number of hydrogen-bond acceptors (Lipinski definition) is 2. The summed E-state index contributed by atoms with van der Waals surface area (Å²) >= 11 is 0. The van der Waals surface area contributed by atoms with Gasteiger partial charge in [-0.05, 0) is 78.2 Å². The Bertz CT molecular complexity index is 2580. The molecule has 1 unspecified atom stereocenters. The molecule has 0 amide bonds. The van der Waals surface area contributed by atoms with Crippen LogP contribution in [0.3, 0.4) is 0 Å². The van der Waals surface area contributed by atoms with E-state index < -0.39 is 10.8 Å². The van der Waals surface area contributed by atoms with Gasteiger partial charge in [-0.3, -0.25) is 0 Å². The topological polar surface area (TPSA) is 50.2 Å². The number of aromatic nitrogens is 2. The Kier molecular flexibility index (Phi) is 4.73. The quantitative estimate of drug-likeness (QED) is 0.218. The van der Waals surface area contributed by atoms with E-state index >= 15 is 0 Å². The smallest absolute Gasteiger partial charge is 0.0991 e. The molecule has 0 spiro atoms. The summed E-state index contributed by atoms with van der Waals surface area (Å²) in [5, 5.41) is 16.5. The maximum atomic E-state index is 13.3. The number of nitrogens with zero attached hydrogens (tertiary/aromatic N) is 3. The molecule has 3 aromatic heterocycles. The molecule has 0 saturated heterocycles. The van der Waals surface area contributed by atoms with Crippen molar-refractivity contribution in [1.82, 2.24) is 8.97 Å². The van der Waals surface area contributed by atoms with Crippen molar-refractivity contribution in [2.24, 2.45) is 0 Å². The van der Waals surface area contributed by atoms with E-state index in [4.69, 9.17) is 5.26 Å². The second kappa shape index (κ2) is 8.53. The summed E-state index contributed by atoms with van der Waals surface area (Å²) in [4.78, 5) is 1.40. The van der Waals surface area contributed by atoms with Gasteiger partial charge in [-0.2, -0.15) is 5.26 Å². The highest BCUT2D eigenvalue weighted by atomic mass is 32.2. The summed E-state index contributed by atoms with van der Waals surface area (Å²) in [6.45, 7) is 0. The molecule has 0 fully saturated rings. The molecular formula is C37H21N3OS. The standard InChI is InChI=1S/C37H21N3OS/c38-22-23-12-16-25(17-13-23)42(41)26-18-14-24(15-19-26)39-33-11-5-8-29-27-6-1-3-9-31(27)40-32-10-4-2-7-28(32)30-20-21-34(39)36(35(29)33)37(30)40/h1-21H. The highest BCUT2D eigenvalue weighted by Gasteiger charge is 2.22. The normalized spacial score (nSPS) is 12.7. The molecule has 5 heteroatoms. The van der Waals surface area contributed by atoms with Crippen molar-refractivity contribution in [3.63, 3.8) is 0 Å². The molecule has 9 rings (SSSR count). The lowest BCUT2D eigenvalue weighted by Crippen LogP contribution is -1.97. The van der Waals surface area contributed by atoms with Crippen molar-refractivity contribution < 1.29 is 4.21 Å². The third kappa shape index (κ3) is 3.02. The molecule has 0 aliphatic carbocycles. The molecule has 42 heavy (non-hydrogen) atoms. The van der Waals surface area contributed by atoms with Crippen LogP contribution in [0.5, 0.6) is 0 Å². The average Bonchev–Trinajstić information content (AvgIpc) is 3.53. The Hall–Kier alpha value is -5.44. The first kappa shape index (κ1) is 23.3. The summed E-state index contributed by atoms with van der Waals surface area (Å²) < 4.78 is 18.1. The number of fused-ring (bicyclic) bond motifs is 6. The van der Waals surface area contributed by atoms with Gasteiger partial charge in [-0.25, -0.2) is 4.21 Å². The Morgan fingerprint density at radius 3 is 1.79 bits per heavy atom. The minimum absolute atomic E-state index is 0.556. The van der Waals surface area contributed by atoms with Gasteiger partial charge >= 0.3 is 0 Å². The molecule has 4 nitrogen and oxygen atoms in total. The lowest BCUT2D eigenvalue weighted by Gasteiger charge is -2.10. The van der Waals surface area contributed by atoms with Gasteiger partial charge in [-0.15, -0.1) is 0 Å². The molecule has 0 aliphatic rings. The molecule has 6 aromatic carbocycles. The third-order valence-electron chi connectivity index (χ3n) is 8.53. The molecule has 1 atom stereocenters. The van der Waals surface area contributed by atoms with Crippen molar-refractivity contribution in [2.75, 3.05) is 0 Å². The minimum Gasteiger partial charge on any atom is -0.309 e. The van der Waals surface area contributed by atoms with E-state index in [1.54, 1.807) is 24.3 Å². The summed E-state index contributed by atoms with van der Waals surface area (Å²) in [7, 11) is -1.34. The first-order chi connectivity index (χ1) is 20.7. The predicted octanol–water partition coefficient (Wildman–Crippen LogP) is 8.97. The number of hydrogen-bond donors (Lipinski definition) is 0. The van der Waals surface area contributed by atoms with Crippen molar-refractivity contribution >= 4 is 70.7 Å². The van der Waals surface area contributed by atoms with Crippen LogP contribution in [0.25, 0.3) is 65.6 Å². The summed E-state index contributed by atoms with van der Waals surface area (Å²) in [5.74, 6) is 0. The SMILES string of the molecule is N#Cc1ccc(S(=O)c2ccc(-n3c4cccc5c6ccccc6n6c7ccccc7c7ccc3c(c54)c76)cc2)cc1. The Labute approximate surface area is 243 Å². The van der Waals surface area contributed by atoms with Gasteiger partial charge in [-0.1, -0.05) is 54.6 Å². The molecule has 0 N–H and O–H groups in total. The first-order valence-corrected chi connectivity index (χ1v) is 15.0. The maximum Gasteiger partial charge on any atom is 0.0991 e. The molecule has 9 aromatic rings. The number of benzene rings is 6. The fraction of sp³-hybridized carbons (Fsp3) is 0. The maximum absolute atomic E-state index is 13.3. The van der Waals surface area contributed by atoms with Crippen molar-refractivity contribution in [2.45, 2.75) is 9.79 Å². The predicted molar refractivity (Wildman–Crippen MR) is 171 cm³/mol. The minimum atomic E-state index is -1.34. The van der Waals surface area contributed by atoms with Crippen LogP contribution in [0, 0.1) is 11.3 Å². The van der Waals surface area contributed by atoms with Gasteiger partial charge in [0.1, 0.15) is 0 Å². The van der Waals surface area contributed by atoms with E-state index in [9.17, 15) is 4.21 Å². The molecule has 0 aliphatic heterocycles. The third-order valence-corrected chi connectivity index (χ3v) is 9.93. The number of para-hydroxylation sites is 2. The Balaban J connectivity index is 1.35. The Morgan fingerprint density at radius 2 is 1.10 bits per heavy atom. The van der Waals surface area contributed by atoms with E-state index in [2.05, 4.69) is 106 Å². The second-order valence-electron chi connectivity index (χ2n) is 10.7. The zero-order chi connectivity index (χ0) is 27.9. The van der Waals surface area contributed by atoms with Gasteiger partial charge in [0, 0.05) is 42.4 Å². The highest BCUT2D eigenvalue weighted by Crippen LogP contribution is 2.45. The largest absolute Gasteiger partial charge is 0.309 e. The van der Waals surface area contributed by atoms with Crippen LogP contribution in [-0.4, -0.2) is 13.2 Å². The monoisotopic (exact) mass is 555 g/mol. The van der Waals surface area contributed by atoms with Crippen LogP contribution in [0.4, 0.5) is 0 Å². The second-order valence-corrected chi connectivity index (χ2v) is 12.1. The van der Waals surface area contributed by atoms with Crippen molar-refractivity contribution in [1.29, 1.82) is 5.26 Å². The Morgan fingerprint density at radius 1 is 0.524 bits per heavy atom. The van der Waals surface area contributed by atoms with E-state index in [1.165, 1.54) is 48.9 Å². The summed E-state index contributed by atoms with van der Waals surface area (Å²) in [6.07, 6.45) is 0. The fourth-order valence-electron chi connectivity index (χ4n) is 6.76. The zero-order valence-corrected chi connectivity index (χ0v) is 23.1. The van der Waals surface area contributed by atoms with Crippen LogP contribution in [-0.2, 0) is 10.8 Å². The highest BCUT2D eigenvalue weighted by molar-refractivity contribution is 7.85. The zero-order valence-electron chi connectivity index (χ0n) is 22.3. The average molecular weight is 556 g/mol.